The minimum absolute atomic E-state index is 0.201. The number of rotatable bonds is 3. The zero-order valence-electron chi connectivity index (χ0n) is 11.6. The van der Waals surface area contributed by atoms with Crippen molar-refractivity contribution in [1.82, 2.24) is 0 Å². The van der Waals surface area contributed by atoms with Gasteiger partial charge in [-0.25, -0.2) is 9.59 Å². The van der Waals surface area contributed by atoms with Gasteiger partial charge in [0.2, 0.25) is 17.9 Å². The fraction of sp³-hybridized carbons (Fsp3) is 0.333. The van der Waals surface area contributed by atoms with Gasteiger partial charge in [-0.2, -0.15) is 0 Å². The van der Waals surface area contributed by atoms with Crippen molar-refractivity contribution >= 4 is 29.4 Å². The SMILES string of the molecule is O=C(O[C@H]1CCOC1=O)c1ccc(N2C(=O)CCC2=O)cc1. The average molecular weight is 303 g/mol. The number of amides is 2. The van der Waals surface area contributed by atoms with Crippen LogP contribution >= 0.6 is 0 Å². The normalized spacial score (nSPS) is 21.2. The zero-order chi connectivity index (χ0) is 15.7. The fourth-order valence-electron chi connectivity index (χ4n) is 2.39. The quantitative estimate of drug-likeness (QED) is 0.606. The maximum atomic E-state index is 11.9. The Kier molecular flexibility index (Phi) is 3.62. The number of carbonyl (C=O) groups excluding carboxylic acids is 4. The lowest BCUT2D eigenvalue weighted by Crippen LogP contribution is -2.28. The van der Waals surface area contributed by atoms with Crippen LogP contribution < -0.4 is 4.90 Å². The summed E-state index contributed by atoms with van der Waals surface area (Å²) in [5.74, 6) is -1.70. The van der Waals surface area contributed by atoms with Crippen molar-refractivity contribution in [3.63, 3.8) is 0 Å². The van der Waals surface area contributed by atoms with Crippen molar-refractivity contribution in [2.24, 2.45) is 0 Å². The van der Waals surface area contributed by atoms with Gasteiger partial charge < -0.3 is 9.47 Å². The molecule has 1 atom stereocenters. The van der Waals surface area contributed by atoms with E-state index in [0.717, 1.165) is 4.90 Å². The van der Waals surface area contributed by atoms with Crippen LogP contribution in [-0.4, -0.2) is 36.5 Å². The number of benzene rings is 1. The summed E-state index contributed by atoms with van der Waals surface area (Å²) in [6.45, 7) is 0.245. The lowest BCUT2D eigenvalue weighted by molar-refractivity contribution is -0.145. The molecule has 0 saturated carbocycles. The molecule has 7 nitrogen and oxygen atoms in total. The number of hydrogen-bond acceptors (Lipinski definition) is 6. The molecule has 1 aromatic rings. The number of carbonyl (C=O) groups is 4. The van der Waals surface area contributed by atoms with Crippen LogP contribution in [0.25, 0.3) is 0 Å². The van der Waals surface area contributed by atoms with E-state index in [2.05, 4.69) is 0 Å². The summed E-state index contributed by atoms with van der Waals surface area (Å²) in [6, 6.07) is 5.92. The van der Waals surface area contributed by atoms with Gasteiger partial charge in [0, 0.05) is 19.3 Å². The summed E-state index contributed by atoms with van der Waals surface area (Å²) in [5, 5.41) is 0. The molecule has 2 saturated heterocycles. The van der Waals surface area contributed by atoms with E-state index in [1.807, 2.05) is 0 Å². The smallest absolute Gasteiger partial charge is 0.347 e. The molecule has 2 fully saturated rings. The van der Waals surface area contributed by atoms with E-state index in [0.29, 0.717) is 12.1 Å². The van der Waals surface area contributed by atoms with Gasteiger partial charge in [-0.15, -0.1) is 0 Å². The standard InChI is InChI=1S/C15H13NO6/c17-12-5-6-13(18)16(12)10-3-1-9(2-4-10)14(19)22-11-7-8-21-15(11)20/h1-4,11H,5-8H2/t11-/m0/s1. The molecule has 0 spiro atoms. The Bertz CT molecular complexity index is 635. The van der Waals surface area contributed by atoms with Gasteiger partial charge in [-0.1, -0.05) is 0 Å². The van der Waals surface area contributed by atoms with Crippen molar-refractivity contribution in [1.29, 1.82) is 0 Å². The maximum Gasteiger partial charge on any atom is 0.347 e. The Hall–Kier alpha value is -2.70. The van der Waals surface area contributed by atoms with Crippen molar-refractivity contribution in [3.05, 3.63) is 29.8 Å². The van der Waals surface area contributed by atoms with Crippen LogP contribution in [0.3, 0.4) is 0 Å². The third kappa shape index (κ3) is 2.57. The summed E-state index contributed by atoms with van der Waals surface area (Å²) in [6.07, 6.45) is -0.118. The Morgan fingerprint density at radius 1 is 1.09 bits per heavy atom. The van der Waals surface area contributed by atoms with E-state index in [4.69, 9.17) is 9.47 Å². The summed E-state index contributed by atoms with van der Waals surface area (Å²) in [5.41, 5.74) is 0.659. The summed E-state index contributed by atoms with van der Waals surface area (Å²) < 4.78 is 9.77. The number of anilines is 1. The van der Waals surface area contributed by atoms with E-state index in [1.54, 1.807) is 0 Å². The van der Waals surface area contributed by atoms with Gasteiger partial charge in [0.1, 0.15) is 0 Å². The molecule has 2 heterocycles. The summed E-state index contributed by atoms with van der Waals surface area (Å²) in [4.78, 5) is 47.6. The second kappa shape index (κ2) is 5.59. The van der Waals surface area contributed by atoms with Gasteiger partial charge >= 0.3 is 11.9 Å². The first-order chi connectivity index (χ1) is 10.6. The van der Waals surface area contributed by atoms with E-state index >= 15 is 0 Å². The molecular formula is C15H13NO6. The third-order valence-electron chi connectivity index (χ3n) is 3.55. The van der Waals surface area contributed by atoms with Crippen LogP contribution in [0.5, 0.6) is 0 Å². The second-order valence-corrected chi connectivity index (χ2v) is 5.02. The Morgan fingerprint density at radius 2 is 1.73 bits per heavy atom. The minimum atomic E-state index is -0.867. The number of esters is 2. The molecule has 2 amide bonds. The maximum absolute atomic E-state index is 11.9. The Balaban J connectivity index is 1.71. The number of hydrogen-bond donors (Lipinski definition) is 0. The molecule has 0 radical (unpaired) electrons. The fourth-order valence-corrected chi connectivity index (χ4v) is 2.39. The summed E-state index contributed by atoms with van der Waals surface area (Å²) in [7, 11) is 0. The Labute approximate surface area is 125 Å². The van der Waals surface area contributed by atoms with Crippen LogP contribution in [0.4, 0.5) is 5.69 Å². The zero-order valence-corrected chi connectivity index (χ0v) is 11.6. The molecule has 0 N–H and O–H groups in total. The van der Waals surface area contributed by atoms with Crippen molar-refractivity contribution < 1.29 is 28.7 Å². The average Bonchev–Trinajstić information content (AvgIpc) is 3.05. The topological polar surface area (TPSA) is 90.0 Å². The first kappa shape index (κ1) is 14.2. The lowest BCUT2D eigenvalue weighted by atomic mass is 10.2. The molecule has 0 unspecified atom stereocenters. The van der Waals surface area contributed by atoms with Crippen molar-refractivity contribution in [2.75, 3.05) is 11.5 Å². The molecule has 0 bridgehead atoms. The molecule has 22 heavy (non-hydrogen) atoms. The van der Waals surface area contributed by atoms with Crippen molar-refractivity contribution in [2.45, 2.75) is 25.4 Å². The monoisotopic (exact) mass is 303 g/mol. The van der Waals surface area contributed by atoms with Gasteiger partial charge in [0.05, 0.1) is 17.9 Å². The highest BCUT2D eigenvalue weighted by atomic mass is 16.6. The van der Waals surface area contributed by atoms with Gasteiger partial charge in [-0.05, 0) is 24.3 Å². The number of cyclic esters (lactones) is 1. The van der Waals surface area contributed by atoms with Crippen LogP contribution in [0.2, 0.25) is 0 Å². The van der Waals surface area contributed by atoms with E-state index < -0.39 is 18.0 Å². The first-order valence-electron chi connectivity index (χ1n) is 6.90. The molecule has 0 aromatic heterocycles. The van der Waals surface area contributed by atoms with Crippen molar-refractivity contribution in [3.8, 4) is 0 Å². The predicted octanol–water partition coefficient (Wildman–Crippen LogP) is 0.812. The predicted molar refractivity (Wildman–Crippen MR) is 72.9 cm³/mol. The number of nitrogens with zero attached hydrogens (tertiary/aromatic N) is 1. The number of imide groups is 1. The van der Waals surface area contributed by atoms with Gasteiger partial charge in [-0.3, -0.25) is 14.5 Å². The molecule has 2 aliphatic heterocycles. The van der Waals surface area contributed by atoms with E-state index in [1.165, 1.54) is 24.3 Å². The highest BCUT2D eigenvalue weighted by Crippen LogP contribution is 2.23. The molecule has 7 heteroatoms. The molecule has 2 aliphatic rings. The van der Waals surface area contributed by atoms with E-state index in [9.17, 15) is 19.2 Å². The van der Waals surface area contributed by atoms with Crippen LogP contribution in [0.1, 0.15) is 29.6 Å². The van der Waals surface area contributed by atoms with Gasteiger partial charge in [0.15, 0.2) is 0 Å². The van der Waals surface area contributed by atoms with Crippen LogP contribution in [0, 0.1) is 0 Å². The molecule has 3 rings (SSSR count). The highest BCUT2D eigenvalue weighted by molar-refractivity contribution is 6.19. The molecule has 114 valence electrons. The first-order valence-corrected chi connectivity index (χ1v) is 6.90. The third-order valence-corrected chi connectivity index (χ3v) is 3.55. The molecule has 1 aromatic carbocycles. The Morgan fingerprint density at radius 3 is 2.27 bits per heavy atom. The minimum Gasteiger partial charge on any atom is -0.463 e. The number of ether oxygens (including phenoxy) is 2. The highest BCUT2D eigenvalue weighted by Gasteiger charge is 2.32. The second-order valence-electron chi connectivity index (χ2n) is 5.02. The van der Waals surface area contributed by atoms with E-state index in [-0.39, 0.29) is 36.8 Å². The van der Waals surface area contributed by atoms with Gasteiger partial charge in [0.25, 0.3) is 0 Å². The largest absolute Gasteiger partial charge is 0.463 e. The summed E-state index contributed by atoms with van der Waals surface area (Å²) >= 11 is 0. The lowest BCUT2D eigenvalue weighted by Gasteiger charge is -2.14. The van der Waals surface area contributed by atoms with Crippen LogP contribution in [0.15, 0.2) is 24.3 Å². The van der Waals surface area contributed by atoms with Crippen LogP contribution in [-0.2, 0) is 23.9 Å². The molecular weight excluding hydrogens is 290 g/mol. The molecule has 0 aliphatic carbocycles.